The molecule has 0 heterocycles. The van der Waals surface area contributed by atoms with Crippen LogP contribution in [0.25, 0.3) is 0 Å². The summed E-state index contributed by atoms with van der Waals surface area (Å²) < 4.78 is 10.0. The molecular weight excluding hydrogens is 270 g/mol. The summed E-state index contributed by atoms with van der Waals surface area (Å²) in [6.07, 6.45) is 1.64. The maximum atomic E-state index is 12.1. The Hall–Kier alpha value is -2.30. The van der Waals surface area contributed by atoms with Gasteiger partial charge in [0, 0.05) is 5.56 Å². The summed E-state index contributed by atoms with van der Waals surface area (Å²) in [6.45, 7) is 7.65. The van der Waals surface area contributed by atoms with Gasteiger partial charge in [-0.2, -0.15) is 0 Å². The highest BCUT2D eigenvalue weighted by Gasteiger charge is 2.25. The van der Waals surface area contributed by atoms with Crippen LogP contribution in [-0.2, 0) is 9.53 Å². The van der Waals surface area contributed by atoms with Crippen LogP contribution in [0.2, 0.25) is 0 Å². The molecule has 0 saturated heterocycles. The molecule has 5 nitrogen and oxygen atoms in total. The van der Waals surface area contributed by atoms with Crippen LogP contribution in [0.1, 0.15) is 24.2 Å². The van der Waals surface area contributed by atoms with E-state index in [1.165, 1.54) is 7.11 Å². The molecule has 0 aliphatic carbocycles. The van der Waals surface area contributed by atoms with Crippen LogP contribution in [-0.4, -0.2) is 31.6 Å². The second-order valence-corrected chi connectivity index (χ2v) is 4.84. The van der Waals surface area contributed by atoms with Crippen molar-refractivity contribution in [2.24, 2.45) is 5.92 Å². The molecule has 5 heteroatoms. The van der Waals surface area contributed by atoms with E-state index in [1.54, 1.807) is 30.3 Å². The van der Waals surface area contributed by atoms with Gasteiger partial charge in [-0.25, -0.2) is 4.79 Å². The molecule has 1 atom stereocenters. The minimum atomic E-state index is -0.667. The molecule has 1 N–H and O–H groups in total. The molecule has 114 valence electrons. The van der Waals surface area contributed by atoms with Gasteiger partial charge < -0.3 is 14.8 Å². The van der Waals surface area contributed by atoms with E-state index in [-0.39, 0.29) is 11.8 Å². The second-order valence-electron chi connectivity index (χ2n) is 4.84. The smallest absolute Gasteiger partial charge is 0.328 e. The largest absolute Gasteiger partial charge is 0.490 e. The number of amides is 1. The standard InChI is InChI=1S/C16H21NO4/c1-5-10-21-13-8-6-12(7-9-13)15(18)17-14(11(2)3)16(19)20-4/h5-9,11,14H,1,10H2,2-4H3,(H,17,18). The third-order valence-corrected chi connectivity index (χ3v) is 2.89. The Labute approximate surface area is 124 Å². The summed E-state index contributed by atoms with van der Waals surface area (Å²) in [6, 6.07) is 6.01. The molecule has 1 rings (SSSR count). The number of benzene rings is 1. The Bertz CT molecular complexity index is 494. The Morgan fingerprint density at radius 1 is 1.29 bits per heavy atom. The van der Waals surface area contributed by atoms with Gasteiger partial charge in [-0.15, -0.1) is 0 Å². The van der Waals surface area contributed by atoms with Crippen LogP contribution in [0, 0.1) is 5.92 Å². The Morgan fingerprint density at radius 3 is 2.38 bits per heavy atom. The number of carbonyl (C=O) groups excluding carboxylic acids is 2. The average Bonchev–Trinajstić information content (AvgIpc) is 2.49. The first-order valence-electron chi connectivity index (χ1n) is 6.72. The molecule has 0 aromatic heterocycles. The summed E-state index contributed by atoms with van der Waals surface area (Å²) in [5.74, 6) is -0.185. The van der Waals surface area contributed by atoms with Crippen molar-refractivity contribution < 1.29 is 19.1 Å². The zero-order valence-corrected chi connectivity index (χ0v) is 12.6. The third-order valence-electron chi connectivity index (χ3n) is 2.89. The van der Waals surface area contributed by atoms with Crippen LogP contribution >= 0.6 is 0 Å². The maximum absolute atomic E-state index is 12.1. The molecule has 1 unspecified atom stereocenters. The van der Waals surface area contributed by atoms with E-state index in [0.717, 1.165) is 0 Å². The lowest BCUT2D eigenvalue weighted by Crippen LogP contribution is -2.45. The molecule has 0 radical (unpaired) electrons. The zero-order chi connectivity index (χ0) is 15.8. The third kappa shape index (κ3) is 4.95. The number of carbonyl (C=O) groups is 2. The van der Waals surface area contributed by atoms with E-state index < -0.39 is 12.0 Å². The predicted molar refractivity (Wildman–Crippen MR) is 80.2 cm³/mol. The van der Waals surface area contributed by atoms with Gasteiger partial charge in [0.2, 0.25) is 0 Å². The molecule has 21 heavy (non-hydrogen) atoms. The van der Waals surface area contributed by atoms with Crippen molar-refractivity contribution in [3.05, 3.63) is 42.5 Å². The number of methoxy groups -OCH3 is 1. The SMILES string of the molecule is C=CCOc1ccc(C(=O)NC(C(=O)OC)C(C)C)cc1. The molecule has 0 bridgehead atoms. The highest BCUT2D eigenvalue weighted by atomic mass is 16.5. The Balaban J connectivity index is 2.73. The van der Waals surface area contributed by atoms with E-state index in [1.807, 2.05) is 13.8 Å². The van der Waals surface area contributed by atoms with Gasteiger partial charge in [-0.3, -0.25) is 4.79 Å². The maximum Gasteiger partial charge on any atom is 0.328 e. The van der Waals surface area contributed by atoms with Crippen LogP contribution in [0.15, 0.2) is 36.9 Å². The number of esters is 1. The van der Waals surface area contributed by atoms with Gasteiger partial charge in [0.25, 0.3) is 5.91 Å². The average molecular weight is 291 g/mol. The van der Waals surface area contributed by atoms with Crippen molar-refractivity contribution >= 4 is 11.9 Å². The number of rotatable bonds is 7. The van der Waals surface area contributed by atoms with Gasteiger partial charge in [0.15, 0.2) is 0 Å². The fourth-order valence-electron chi connectivity index (χ4n) is 1.71. The molecule has 0 aliphatic heterocycles. The lowest BCUT2D eigenvalue weighted by atomic mass is 10.0. The quantitative estimate of drug-likeness (QED) is 0.618. The highest BCUT2D eigenvalue weighted by Crippen LogP contribution is 2.13. The lowest BCUT2D eigenvalue weighted by Gasteiger charge is -2.19. The number of nitrogens with one attached hydrogen (secondary N) is 1. The summed E-state index contributed by atoms with van der Waals surface area (Å²) >= 11 is 0. The molecule has 0 spiro atoms. The van der Waals surface area contributed by atoms with E-state index in [0.29, 0.717) is 17.9 Å². The number of hydrogen-bond acceptors (Lipinski definition) is 4. The number of ether oxygens (including phenoxy) is 2. The van der Waals surface area contributed by atoms with Crippen LogP contribution in [0.4, 0.5) is 0 Å². The normalized spacial score (nSPS) is 11.6. The van der Waals surface area contributed by atoms with E-state index in [4.69, 9.17) is 9.47 Å². The van der Waals surface area contributed by atoms with Gasteiger partial charge >= 0.3 is 5.97 Å². The second kappa shape index (κ2) is 8.09. The molecule has 0 aliphatic rings. The summed E-state index contributed by atoms with van der Waals surface area (Å²) in [5.41, 5.74) is 0.454. The molecule has 0 fully saturated rings. The first kappa shape index (κ1) is 16.8. The Morgan fingerprint density at radius 2 is 1.90 bits per heavy atom. The fourth-order valence-corrected chi connectivity index (χ4v) is 1.71. The van der Waals surface area contributed by atoms with Crippen LogP contribution in [0.3, 0.4) is 0 Å². The molecule has 0 saturated carbocycles. The minimum Gasteiger partial charge on any atom is -0.490 e. The van der Waals surface area contributed by atoms with Crippen molar-refractivity contribution in [3.8, 4) is 5.75 Å². The van der Waals surface area contributed by atoms with Crippen molar-refractivity contribution in [2.75, 3.05) is 13.7 Å². The monoisotopic (exact) mass is 291 g/mol. The molecule has 1 aromatic rings. The minimum absolute atomic E-state index is 0.0587. The molecule has 1 amide bonds. The first-order chi connectivity index (χ1) is 9.99. The summed E-state index contributed by atoms with van der Waals surface area (Å²) in [4.78, 5) is 23.8. The van der Waals surface area contributed by atoms with Gasteiger partial charge in [-0.05, 0) is 30.2 Å². The zero-order valence-electron chi connectivity index (χ0n) is 12.6. The van der Waals surface area contributed by atoms with E-state index in [9.17, 15) is 9.59 Å². The fraction of sp³-hybridized carbons (Fsp3) is 0.375. The topological polar surface area (TPSA) is 64.6 Å². The summed E-state index contributed by atoms with van der Waals surface area (Å²) in [5, 5.41) is 2.68. The molecule has 1 aromatic carbocycles. The van der Waals surface area contributed by atoms with Gasteiger partial charge in [-0.1, -0.05) is 26.5 Å². The van der Waals surface area contributed by atoms with Crippen molar-refractivity contribution in [1.82, 2.24) is 5.32 Å². The Kier molecular flexibility index (Phi) is 6.46. The van der Waals surface area contributed by atoms with Crippen molar-refractivity contribution in [2.45, 2.75) is 19.9 Å². The predicted octanol–water partition coefficient (Wildman–Crippen LogP) is 2.18. The first-order valence-corrected chi connectivity index (χ1v) is 6.72. The van der Waals surface area contributed by atoms with Crippen molar-refractivity contribution in [1.29, 1.82) is 0 Å². The summed E-state index contributed by atoms with van der Waals surface area (Å²) in [7, 11) is 1.30. The van der Waals surface area contributed by atoms with Gasteiger partial charge in [0.05, 0.1) is 7.11 Å². The number of hydrogen-bond donors (Lipinski definition) is 1. The van der Waals surface area contributed by atoms with Crippen LogP contribution in [0.5, 0.6) is 5.75 Å². The van der Waals surface area contributed by atoms with Crippen molar-refractivity contribution in [3.63, 3.8) is 0 Å². The van der Waals surface area contributed by atoms with E-state index in [2.05, 4.69) is 11.9 Å². The van der Waals surface area contributed by atoms with Crippen LogP contribution < -0.4 is 10.1 Å². The highest BCUT2D eigenvalue weighted by molar-refractivity contribution is 5.96. The molecular formula is C16H21NO4. The lowest BCUT2D eigenvalue weighted by molar-refractivity contribution is -0.144. The van der Waals surface area contributed by atoms with E-state index >= 15 is 0 Å². The van der Waals surface area contributed by atoms with Gasteiger partial charge in [0.1, 0.15) is 18.4 Å².